The van der Waals surface area contributed by atoms with Gasteiger partial charge in [0.25, 0.3) is 5.91 Å². The lowest BCUT2D eigenvalue weighted by Gasteiger charge is -2.30. The summed E-state index contributed by atoms with van der Waals surface area (Å²) in [6.45, 7) is 6.68. The maximum Gasteiger partial charge on any atom is 0.410 e. The topological polar surface area (TPSA) is 175 Å². The van der Waals surface area contributed by atoms with E-state index in [2.05, 4.69) is 21.9 Å². The van der Waals surface area contributed by atoms with E-state index >= 15 is 0 Å². The van der Waals surface area contributed by atoms with Gasteiger partial charge in [-0.05, 0) is 48.8 Å². The first-order valence-electron chi connectivity index (χ1n) is 17.4. The van der Waals surface area contributed by atoms with Crippen LogP contribution in [0.2, 0.25) is 0 Å². The Morgan fingerprint density at radius 1 is 1.18 bits per heavy atom. The highest BCUT2D eigenvalue weighted by Gasteiger charge is 2.62. The summed E-state index contributed by atoms with van der Waals surface area (Å²) in [5.41, 5.74) is 1.41. The van der Waals surface area contributed by atoms with Crippen molar-refractivity contribution < 1.29 is 37.1 Å². The van der Waals surface area contributed by atoms with Gasteiger partial charge in [-0.2, -0.15) is 0 Å². The van der Waals surface area contributed by atoms with Gasteiger partial charge >= 0.3 is 12.1 Å². The van der Waals surface area contributed by atoms with Crippen LogP contribution in [0.5, 0.6) is 0 Å². The zero-order valence-electron chi connectivity index (χ0n) is 28.6. The predicted molar refractivity (Wildman–Crippen MR) is 183 cm³/mol. The number of urea groups is 1. The highest BCUT2D eigenvalue weighted by molar-refractivity contribution is 7.91. The first kappa shape index (κ1) is 35.4. The summed E-state index contributed by atoms with van der Waals surface area (Å²) in [4.78, 5) is 73.0. The minimum Gasteiger partial charge on any atom is -0.444 e. The lowest BCUT2D eigenvalue weighted by atomic mass is 10.0. The number of benzene rings is 1. The molecule has 14 nitrogen and oxygen atoms in total. The summed E-state index contributed by atoms with van der Waals surface area (Å²) in [7, 11) is -2.24. The Bertz CT molecular complexity index is 1710. The molecule has 3 aliphatic heterocycles. The van der Waals surface area contributed by atoms with E-state index in [0.29, 0.717) is 51.7 Å². The van der Waals surface area contributed by atoms with Crippen LogP contribution >= 0.6 is 0 Å². The second kappa shape index (κ2) is 14.1. The van der Waals surface area contributed by atoms with Crippen LogP contribution in [0.4, 0.5) is 9.59 Å². The van der Waals surface area contributed by atoms with Gasteiger partial charge < -0.3 is 25.2 Å². The number of amides is 6. The van der Waals surface area contributed by atoms with E-state index in [4.69, 9.17) is 4.74 Å². The smallest absolute Gasteiger partial charge is 0.410 e. The third-order valence-electron chi connectivity index (χ3n) is 10.4. The molecule has 1 saturated heterocycles. The monoisotopic (exact) mass is 710 g/mol. The Labute approximate surface area is 292 Å². The second-order valence-electron chi connectivity index (χ2n) is 14.0. The number of carbonyl (C=O) groups is 5. The van der Waals surface area contributed by atoms with E-state index in [9.17, 15) is 32.4 Å². The minimum absolute atomic E-state index is 0.0523. The number of carbonyl (C=O) groups excluding carboxylic acids is 5. The van der Waals surface area contributed by atoms with Crippen molar-refractivity contribution in [3.8, 4) is 0 Å². The van der Waals surface area contributed by atoms with Crippen LogP contribution in [0.3, 0.4) is 0 Å². The van der Waals surface area contributed by atoms with Crippen molar-refractivity contribution in [2.45, 2.75) is 100 Å². The van der Waals surface area contributed by atoms with Gasteiger partial charge in [-0.15, -0.1) is 6.58 Å². The average molecular weight is 711 g/mol. The zero-order chi connectivity index (χ0) is 35.8. The maximum atomic E-state index is 14.3. The molecular weight excluding hydrogens is 664 g/mol. The molecule has 1 aromatic carbocycles. The van der Waals surface area contributed by atoms with Crippen LogP contribution in [0, 0.1) is 5.92 Å². The molecule has 3 N–H and O–H groups in total. The number of hydrogen-bond donors (Lipinski definition) is 3. The number of sulfonamides is 1. The highest BCUT2D eigenvalue weighted by Crippen LogP contribution is 2.45. The van der Waals surface area contributed by atoms with Gasteiger partial charge in [-0.3, -0.25) is 24.0 Å². The van der Waals surface area contributed by atoms with Crippen molar-refractivity contribution in [1.29, 1.82) is 0 Å². The average Bonchev–Trinajstić information content (AvgIpc) is 3.98. The zero-order valence-corrected chi connectivity index (χ0v) is 29.4. The van der Waals surface area contributed by atoms with E-state index in [1.807, 2.05) is 37.3 Å². The molecule has 0 unspecified atom stereocenters. The molecule has 0 radical (unpaired) electrons. The predicted octanol–water partition coefficient (Wildman–Crippen LogP) is 2.39. The summed E-state index contributed by atoms with van der Waals surface area (Å²) >= 11 is 0. The Balaban J connectivity index is 1.28. The maximum absolute atomic E-state index is 14.3. The van der Waals surface area contributed by atoms with Crippen molar-refractivity contribution in [3.63, 3.8) is 0 Å². The third kappa shape index (κ3) is 7.23. The van der Waals surface area contributed by atoms with Gasteiger partial charge in [0, 0.05) is 32.5 Å². The van der Waals surface area contributed by atoms with Crippen LogP contribution in [0.25, 0.3) is 6.08 Å². The third-order valence-corrected chi connectivity index (χ3v) is 12.2. The molecule has 3 heterocycles. The molecule has 2 saturated carbocycles. The lowest BCUT2D eigenvalue weighted by Crippen LogP contribution is -2.58. The number of rotatable bonds is 9. The normalized spacial score (nSPS) is 29.0. The Kier molecular flexibility index (Phi) is 9.98. The number of fused-ring (bicyclic) bond motifs is 3. The molecule has 270 valence electrons. The van der Waals surface area contributed by atoms with Crippen molar-refractivity contribution in [3.05, 3.63) is 53.6 Å². The minimum atomic E-state index is -3.89. The van der Waals surface area contributed by atoms with Crippen molar-refractivity contribution in [2.75, 3.05) is 20.1 Å². The summed E-state index contributed by atoms with van der Waals surface area (Å²) in [6.07, 6.45) is 7.28. The standard InChI is InChI=1S/C35H46N6O8S/c1-4-6-13-28-31(43)41-20-25(17-29(41)30(42)37-35(18-24(35)5-2)32(44)38-50(47,48)26-14-15-26)49-34(46)40-19-23-12-9-11-22(27(23)21-40)10-7-8-16-39(3)33(45)36-28/h5,7,9-12,24-26,28-29H,2,4,6,8,13-21H2,1,3H3,(H,36,45)(H,37,42)(H,38,44)/b10-7+/t24-,25+,28-,29-,35+/m0/s1. The van der Waals surface area contributed by atoms with Crippen molar-refractivity contribution in [1.82, 2.24) is 30.1 Å². The van der Waals surface area contributed by atoms with Crippen LogP contribution < -0.4 is 15.4 Å². The van der Waals surface area contributed by atoms with Gasteiger partial charge in [0.1, 0.15) is 23.7 Å². The van der Waals surface area contributed by atoms with Crippen LogP contribution in [0.15, 0.2) is 36.9 Å². The molecule has 2 aliphatic carbocycles. The first-order valence-corrected chi connectivity index (χ1v) is 19.0. The van der Waals surface area contributed by atoms with Gasteiger partial charge in [0.15, 0.2) is 0 Å². The van der Waals surface area contributed by atoms with Gasteiger partial charge in [0.2, 0.25) is 21.8 Å². The fraction of sp³-hybridized carbons (Fsp3) is 0.571. The van der Waals surface area contributed by atoms with Gasteiger partial charge in [0.05, 0.1) is 18.3 Å². The molecule has 5 atom stereocenters. The summed E-state index contributed by atoms with van der Waals surface area (Å²) < 4.78 is 33.3. The van der Waals surface area contributed by atoms with Crippen molar-refractivity contribution >= 4 is 45.9 Å². The van der Waals surface area contributed by atoms with E-state index in [1.165, 1.54) is 15.9 Å². The summed E-state index contributed by atoms with van der Waals surface area (Å²) in [5, 5.41) is 4.97. The Morgan fingerprint density at radius 2 is 1.96 bits per heavy atom. The molecule has 6 rings (SSSR count). The fourth-order valence-electron chi connectivity index (χ4n) is 7.05. The molecule has 50 heavy (non-hydrogen) atoms. The van der Waals surface area contributed by atoms with Crippen LogP contribution in [-0.4, -0.2) is 102 Å². The Hall–Kier alpha value is -4.40. The van der Waals surface area contributed by atoms with Gasteiger partial charge in [-0.25, -0.2) is 18.0 Å². The molecular formula is C35H46N6O8S. The number of nitrogens with zero attached hydrogens (tertiary/aromatic N) is 3. The molecule has 1 aromatic rings. The van der Waals surface area contributed by atoms with E-state index < -0.39 is 74.8 Å². The van der Waals surface area contributed by atoms with Crippen LogP contribution in [-0.2, 0) is 42.2 Å². The Morgan fingerprint density at radius 3 is 2.66 bits per heavy atom. The SMILES string of the molecule is C=C[C@H]1C[C@]1(NC(=O)[C@@H]1C[C@@H]2CN1C(=O)[C@H](CCCC)NC(=O)N(C)CC/C=C/c1cccc3c1CN(C3)C(=O)O2)C(=O)NS(=O)(=O)C1CC1. The van der Waals surface area contributed by atoms with E-state index in [1.54, 1.807) is 11.9 Å². The quantitative estimate of drug-likeness (QED) is 0.328. The largest absolute Gasteiger partial charge is 0.444 e. The number of unbranched alkanes of at least 4 members (excludes halogenated alkanes) is 1. The molecule has 6 amide bonds. The second-order valence-corrected chi connectivity index (χ2v) is 16.0. The molecule has 5 aliphatic rings. The van der Waals surface area contributed by atoms with E-state index in [-0.39, 0.29) is 19.4 Å². The number of hydrogen-bond acceptors (Lipinski definition) is 8. The number of nitrogens with one attached hydrogen (secondary N) is 3. The van der Waals surface area contributed by atoms with Gasteiger partial charge in [-0.1, -0.05) is 56.2 Å². The first-order chi connectivity index (χ1) is 23.9. The van der Waals surface area contributed by atoms with Crippen molar-refractivity contribution in [2.24, 2.45) is 5.92 Å². The molecule has 0 aromatic heterocycles. The fourth-order valence-corrected chi connectivity index (χ4v) is 8.41. The molecule has 15 heteroatoms. The lowest BCUT2D eigenvalue weighted by molar-refractivity contribution is -0.141. The molecule has 4 bridgehead atoms. The summed E-state index contributed by atoms with van der Waals surface area (Å²) in [5.74, 6) is -2.57. The van der Waals surface area contributed by atoms with E-state index in [0.717, 1.165) is 23.1 Å². The molecule has 3 fully saturated rings. The number of ether oxygens (including phenoxy) is 1. The molecule has 0 spiro atoms. The van der Waals surface area contributed by atoms with Crippen LogP contribution in [0.1, 0.15) is 75.0 Å². The summed E-state index contributed by atoms with van der Waals surface area (Å²) in [6, 6.07) is 3.31. The highest BCUT2D eigenvalue weighted by atomic mass is 32.2.